The lowest BCUT2D eigenvalue weighted by molar-refractivity contribution is 0.567. The Hall–Kier alpha value is -0.830. The van der Waals surface area contributed by atoms with Crippen molar-refractivity contribution in [3.8, 4) is 0 Å². The highest BCUT2D eigenvalue weighted by atomic mass is 35.5. The first-order valence-electron chi connectivity index (χ1n) is 3.34. The lowest BCUT2D eigenvalue weighted by atomic mass is 10.4. The summed E-state index contributed by atoms with van der Waals surface area (Å²) in [5.41, 5.74) is -0.184. The summed E-state index contributed by atoms with van der Waals surface area (Å²) < 4.78 is 1.49. The minimum Gasteiger partial charge on any atom is -0.295 e. The Morgan fingerprint density at radius 1 is 1.64 bits per heavy atom. The molecule has 0 amide bonds. The number of nitrogens with zero attached hydrogens (tertiary/aromatic N) is 2. The molecule has 0 aromatic carbocycles. The van der Waals surface area contributed by atoms with E-state index in [1.165, 1.54) is 17.1 Å². The first kappa shape index (κ1) is 8.27. The summed E-state index contributed by atoms with van der Waals surface area (Å²) in [7, 11) is 0. The van der Waals surface area contributed by atoms with Crippen molar-refractivity contribution in [3.05, 3.63) is 27.9 Å². The van der Waals surface area contributed by atoms with Crippen molar-refractivity contribution in [2.45, 2.75) is 19.9 Å². The summed E-state index contributed by atoms with van der Waals surface area (Å²) in [6.07, 6.45) is 2.83. The van der Waals surface area contributed by atoms with Gasteiger partial charge in [-0.05, 0) is 13.8 Å². The summed E-state index contributed by atoms with van der Waals surface area (Å²) in [5, 5.41) is 0.168. The highest BCUT2D eigenvalue weighted by Crippen LogP contribution is 2.01. The van der Waals surface area contributed by atoms with Gasteiger partial charge in [0.1, 0.15) is 5.02 Å². The Morgan fingerprint density at radius 3 is 2.73 bits per heavy atom. The molecular formula is C7H9ClN2O. The standard InChI is InChI=1S/C7H9ClN2O/c1-5(2)10-4-9-3-6(8)7(10)11/h3-5H,1-2H3. The van der Waals surface area contributed by atoms with Crippen molar-refractivity contribution < 1.29 is 0 Å². The van der Waals surface area contributed by atoms with E-state index >= 15 is 0 Å². The fourth-order valence-corrected chi connectivity index (χ4v) is 0.923. The van der Waals surface area contributed by atoms with Gasteiger partial charge in [-0.25, -0.2) is 4.98 Å². The number of halogens is 1. The third-order valence-electron chi connectivity index (χ3n) is 1.37. The van der Waals surface area contributed by atoms with Gasteiger partial charge in [0.15, 0.2) is 0 Å². The van der Waals surface area contributed by atoms with E-state index in [2.05, 4.69) is 4.98 Å². The van der Waals surface area contributed by atoms with Gasteiger partial charge in [-0.3, -0.25) is 9.36 Å². The van der Waals surface area contributed by atoms with Gasteiger partial charge in [0, 0.05) is 6.04 Å². The van der Waals surface area contributed by atoms with Gasteiger partial charge in [-0.2, -0.15) is 0 Å². The number of rotatable bonds is 1. The zero-order chi connectivity index (χ0) is 8.43. The smallest absolute Gasteiger partial charge is 0.272 e. The van der Waals surface area contributed by atoms with Crippen LogP contribution in [0.2, 0.25) is 5.02 Å². The Kier molecular flexibility index (Phi) is 2.29. The second-order valence-corrected chi connectivity index (χ2v) is 2.95. The fourth-order valence-electron chi connectivity index (χ4n) is 0.769. The largest absolute Gasteiger partial charge is 0.295 e. The number of hydrogen-bond acceptors (Lipinski definition) is 2. The third kappa shape index (κ3) is 1.60. The molecule has 0 N–H and O–H groups in total. The van der Waals surface area contributed by atoms with Crippen LogP contribution in [-0.4, -0.2) is 9.55 Å². The van der Waals surface area contributed by atoms with E-state index in [0.717, 1.165) is 0 Å². The van der Waals surface area contributed by atoms with Gasteiger partial charge in [0.25, 0.3) is 5.56 Å². The normalized spacial score (nSPS) is 10.5. The van der Waals surface area contributed by atoms with Crippen LogP contribution >= 0.6 is 11.6 Å². The van der Waals surface area contributed by atoms with E-state index < -0.39 is 0 Å². The Labute approximate surface area is 69.6 Å². The van der Waals surface area contributed by atoms with Crippen LogP contribution < -0.4 is 5.56 Å². The minimum absolute atomic E-state index is 0.105. The van der Waals surface area contributed by atoms with E-state index in [1.54, 1.807) is 0 Å². The molecule has 0 radical (unpaired) electrons. The Bertz CT molecular complexity index is 306. The quantitative estimate of drug-likeness (QED) is 0.643. The first-order valence-corrected chi connectivity index (χ1v) is 3.72. The molecule has 0 atom stereocenters. The molecule has 1 aromatic heterocycles. The monoisotopic (exact) mass is 172 g/mol. The van der Waals surface area contributed by atoms with Crippen LogP contribution in [0.4, 0.5) is 0 Å². The van der Waals surface area contributed by atoms with E-state index in [-0.39, 0.29) is 16.6 Å². The molecule has 1 aromatic rings. The van der Waals surface area contributed by atoms with Gasteiger partial charge in [0.05, 0.1) is 12.5 Å². The summed E-state index contributed by atoms with van der Waals surface area (Å²) in [6, 6.07) is 0.105. The molecule has 0 aliphatic carbocycles. The van der Waals surface area contributed by atoms with Crippen LogP contribution in [0.15, 0.2) is 17.3 Å². The van der Waals surface area contributed by atoms with Crippen molar-refractivity contribution >= 4 is 11.6 Å². The Balaban J connectivity index is 3.28. The van der Waals surface area contributed by atoms with Gasteiger partial charge in [-0.15, -0.1) is 0 Å². The lowest BCUT2D eigenvalue weighted by Gasteiger charge is -2.07. The topological polar surface area (TPSA) is 34.9 Å². The fraction of sp³-hybridized carbons (Fsp3) is 0.429. The molecule has 0 saturated carbocycles. The van der Waals surface area contributed by atoms with Gasteiger partial charge >= 0.3 is 0 Å². The summed E-state index contributed by atoms with van der Waals surface area (Å²) in [4.78, 5) is 15.0. The molecule has 3 nitrogen and oxygen atoms in total. The molecule has 0 fully saturated rings. The molecule has 0 saturated heterocycles. The second-order valence-electron chi connectivity index (χ2n) is 2.55. The van der Waals surface area contributed by atoms with E-state index in [1.807, 2.05) is 13.8 Å². The Morgan fingerprint density at radius 2 is 2.27 bits per heavy atom. The molecule has 1 heterocycles. The van der Waals surface area contributed by atoms with Crippen molar-refractivity contribution in [3.63, 3.8) is 0 Å². The zero-order valence-corrected chi connectivity index (χ0v) is 7.17. The highest BCUT2D eigenvalue weighted by Gasteiger charge is 2.02. The maximum atomic E-state index is 11.2. The van der Waals surface area contributed by atoms with E-state index in [0.29, 0.717) is 0 Å². The van der Waals surface area contributed by atoms with Crippen LogP contribution in [0.1, 0.15) is 19.9 Å². The summed E-state index contributed by atoms with van der Waals surface area (Å²) >= 11 is 5.56. The third-order valence-corrected chi connectivity index (χ3v) is 1.63. The van der Waals surface area contributed by atoms with Crippen LogP contribution in [0, 0.1) is 0 Å². The molecule has 0 spiro atoms. The summed E-state index contributed by atoms with van der Waals surface area (Å²) in [5.74, 6) is 0. The predicted octanol–water partition coefficient (Wildman–Crippen LogP) is 1.48. The minimum atomic E-state index is -0.184. The van der Waals surface area contributed by atoms with E-state index in [4.69, 9.17) is 11.6 Å². The molecule has 60 valence electrons. The number of hydrogen-bond donors (Lipinski definition) is 0. The maximum Gasteiger partial charge on any atom is 0.272 e. The SMILES string of the molecule is CC(C)n1cncc(Cl)c1=O. The van der Waals surface area contributed by atoms with Crippen molar-refractivity contribution in [2.75, 3.05) is 0 Å². The van der Waals surface area contributed by atoms with Crippen LogP contribution in [0.3, 0.4) is 0 Å². The molecule has 11 heavy (non-hydrogen) atoms. The van der Waals surface area contributed by atoms with Crippen molar-refractivity contribution in [2.24, 2.45) is 0 Å². The zero-order valence-electron chi connectivity index (χ0n) is 6.41. The second kappa shape index (κ2) is 3.05. The van der Waals surface area contributed by atoms with Crippen LogP contribution in [0.5, 0.6) is 0 Å². The van der Waals surface area contributed by atoms with E-state index in [9.17, 15) is 4.79 Å². The van der Waals surface area contributed by atoms with Crippen LogP contribution in [0.25, 0.3) is 0 Å². The number of aromatic nitrogens is 2. The van der Waals surface area contributed by atoms with Gasteiger partial charge in [0.2, 0.25) is 0 Å². The average molecular weight is 173 g/mol. The highest BCUT2D eigenvalue weighted by molar-refractivity contribution is 6.30. The molecular weight excluding hydrogens is 164 g/mol. The summed E-state index contributed by atoms with van der Waals surface area (Å²) in [6.45, 7) is 3.80. The predicted molar refractivity (Wildman–Crippen MR) is 43.9 cm³/mol. The molecule has 1 rings (SSSR count). The lowest BCUT2D eigenvalue weighted by Crippen LogP contribution is -2.21. The molecule has 4 heteroatoms. The molecule has 0 aliphatic rings. The van der Waals surface area contributed by atoms with Crippen LogP contribution in [-0.2, 0) is 0 Å². The molecule has 0 bridgehead atoms. The van der Waals surface area contributed by atoms with Gasteiger partial charge < -0.3 is 0 Å². The molecule has 0 unspecified atom stereocenters. The maximum absolute atomic E-state index is 11.2. The molecule has 0 aliphatic heterocycles. The average Bonchev–Trinajstić information content (AvgIpc) is 1.94. The first-order chi connectivity index (χ1) is 5.13. The van der Waals surface area contributed by atoms with Crippen molar-refractivity contribution in [1.82, 2.24) is 9.55 Å². The van der Waals surface area contributed by atoms with Gasteiger partial charge in [-0.1, -0.05) is 11.6 Å². The van der Waals surface area contributed by atoms with Crippen molar-refractivity contribution in [1.29, 1.82) is 0 Å².